The van der Waals surface area contributed by atoms with E-state index < -0.39 is 82.9 Å². The summed E-state index contributed by atoms with van der Waals surface area (Å²) in [5, 5.41) is 15.2. The van der Waals surface area contributed by atoms with Gasteiger partial charge >= 0.3 is 6.09 Å². The predicted molar refractivity (Wildman–Crippen MR) is 168 cm³/mol. The maximum Gasteiger partial charge on any atom is 0.407 e. The maximum atomic E-state index is 17.6. The van der Waals surface area contributed by atoms with Gasteiger partial charge in [0.05, 0.1) is 12.2 Å². The first-order chi connectivity index (χ1) is 21.9. The van der Waals surface area contributed by atoms with Crippen molar-refractivity contribution in [2.24, 2.45) is 22.7 Å². The van der Waals surface area contributed by atoms with Gasteiger partial charge in [-0.05, 0) is 79.2 Å². The number of hydrogen-bond acceptors (Lipinski definition) is 10. The molecule has 46 heavy (non-hydrogen) atoms. The number of nitrogens with zero attached hydrogens (tertiary/aromatic N) is 1. The first-order valence-corrected chi connectivity index (χ1v) is 18.2. The number of nitrogens with one attached hydrogen (secondary N) is 1. The molecule has 13 heteroatoms. The van der Waals surface area contributed by atoms with Gasteiger partial charge in [0, 0.05) is 35.2 Å². The summed E-state index contributed by atoms with van der Waals surface area (Å²) in [7, 11) is 2.99. The van der Waals surface area contributed by atoms with Gasteiger partial charge in [0.1, 0.15) is 11.2 Å². The maximum absolute atomic E-state index is 17.6. The van der Waals surface area contributed by atoms with Crippen molar-refractivity contribution in [2.75, 3.05) is 18.9 Å². The third-order valence-corrected chi connectivity index (χ3v) is 13.2. The molecular weight excluding hydrogens is 639 g/mol. The van der Waals surface area contributed by atoms with E-state index in [1.807, 2.05) is 25.1 Å². The van der Waals surface area contributed by atoms with Crippen molar-refractivity contribution in [1.29, 1.82) is 0 Å². The molecule has 2 heterocycles. The third kappa shape index (κ3) is 5.15. The van der Waals surface area contributed by atoms with Crippen LogP contribution in [0, 0.1) is 22.7 Å². The molecule has 0 bridgehead atoms. The van der Waals surface area contributed by atoms with Crippen molar-refractivity contribution in [3.8, 4) is 0 Å². The van der Waals surface area contributed by atoms with Crippen LogP contribution in [-0.4, -0.2) is 82.6 Å². The van der Waals surface area contributed by atoms with E-state index in [-0.39, 0.29) is 24.8 Å². The zero-order valence-electron chi connectivity index (χ0n) is 26.1. The molecule has 9 nitrogen and oxygen atoms in total. The fourth-order valence-electron chi connectivity index (χ4n) is 8.87. The molecule has 5 aliphatic rings. The topological polar surface area (TPSA) is 124 Å². The molecule has 0 radical (unpaired) electrons. The Morgan fingerprint density at radius 1 is 1.24 bits per heavy atom. The van der Waals surface area contributed by atoms with Gasteiger partial charge in [0.2, 0.25) is 5.78 Å². The Labute approximate surface area is 275 Å². The van der Waals surface area contributed by atoms with Crippen molar-refractivity contribution in [1.82, 2.24) is 10.3 Å². The SMILES string of the molecule is CCCC1O[C@@H]2C[C@H]3[C@@H]4C[C@H](F)C5=CC(=O)C=C[C@]5(C)[C@@]4(F)[C@@H](O)C[C@]3(C)[C@]2(C(=O)COC(=O)NCCSSc2ccccn2)O1. The van der Waals surface area contributed by atoms with E-state index in [0.717, 1.165) is 17.5 Å². The van der Waals surface area contributed by atoms with Crippen LogP contribution in [0.3, 0.4) is 0 Å². The normalized spacial score (nSPS) is 40.7. The van der Waals surface area contributed by atoms with Crippen LogP contribution < -0.4 is 5.32 Å². The Morgan fingerprint density at radius 2 is 2.04 bits per heavy atom. The van der Waals surface area contributed by atoms with Gasteiger partial charge in [-0.25, -0.2) is 18.6 Å². The summed E-state index contributed by atoms with van der Waals surface area (Å²) in [6.45, 7) is 4.98. The van der Waals surface area contributed by atoms with Gasteiger partial charge in [-0.2, -0.15) is 0 Å². The number of carbonyl (C=O) groups excluding carboxylic acids is 3. The highest BCUT2D eigenvalue weighted by Gasteiger charge is 2.80. The summed E-state index contributed by atoms with van der Waals surface area (Å²) < 4.78 is 51.6. The molecule has 10 atom stereocenters. The highest BCUT2D eigenvalue weighted by molar-refractivity contribution is 8.76. The molecule has 3 saturated carbocycles. The number of ketones is 2. The van der Waals surface area contributed by atoms with Crippen molar-refractivity contribution >= 4 is 39.2 Å². The lowest BCUT2D eigenvalue weighted by Gasteiger charge is -2.63. The molecular formula is C33H40F2N2O7S2. The molecule has 250 valence electrons. The van der Waals surface area contributed by atoms with E-state index >= 15 is 8.78 Å². The van der Waals surface area contributed by atoms with Gasteiger partial charge < -0.3 is 24.6 Å². The third-order valence-electron chi connectivity index (χ3n) is 10.9. The number of rotatable bonds is 10. The van der Waals surface area contributed by atoms with Crippen LogP contribution in [0.2, 0.25) is 0 Å². The number of Topliss-reactive ketones (excluding diaryl/α,β-unsaturated/α-hetero) is 1. The van der Waals surface area contributed by atoms with Crippen LogP contribution in [0.25, 0.3) is 0 Å². The number of alkyl carbamates (subject to hydrolysis) is 1. The van der Waals surface area contributed by atoms with E-state index in [2.05, 4.69) is 10.3 Å². The van der Waals surface area contributed by atoms with Crippen LogP contribution in [0.4, 0.5) is 13.6 Å². The zero-order chi connectivity index (χ0) is 32.9. The number of ether oxygens (including phenoxy) is 3. The smallest absolute Gasteiger partial charge is 0.407 e. The van der Waals surface area contributed by atoms with Gasteiger partial charge in [-0.1, -0.05) is 43.2 Å². The summed E-state index contributed by atoms with van der Waals surface area (Å²) in [5.41, 5.74) is -6.58. The monoisotopic (exact) mass is 678 g/mol. The van der Waals surface area contributed by atoms with E-state index in [4.69, 9.17) is 14.2 Å². The molecule has 1 aromatic heterocycles. The van der Waals surface area contributed by atoms with Crippen LogP contribution in [0.1, 0.15) is 52.9 Å². The van der Waals surface area contributed by atoms with Crippen molar-refractivity contribution in [2.45, 2.75) is 93.8 Å². The number of hydrogen-bond donors (Lipinski definition) is 2. The predicted octanol–water partition coefficient (Wildman–Crippen LogP) is 5.33. The molecule has 2 N–H and O–H groups in total. The lowest BCUT2D eigenvalue weighted by molar-refractivity contribution is -0.234. The van der Waals surface area contributed by atoms with E-state index in [1.165, 1.54) is 40.7 Å². The summed E-state index contributed by atoms with van der Waals surface area (Å²) in [5.74, 6) is -1.96. The van der Waals surface area contributed by atoms with Crippen molar-refractivity contribution in [3.05, 3.63) is 48.2 Å². The molecule has 1 unspecified atom stereocenters. The molecule has 4 fully saturated rings. The van der Waals surface area contributed by atoms with Crippen LogP contribution in [0.5, 0.6) is 0 Å². The Balaban J connectivity index is 1.19. The second-order valence-electron chi connectivity index (χ2n) is 13.3. The lowest BCUT2D eigenvalue weighted by atomic mass is 9.44. The standard InChI is InChI=1S/C33H40F2N2O7S2/c1-4-7-28-43-26-16-20-21-15-23(34)22-14-19(38)9-10-30(22,2)32(21,35)24(39)17-31(20,3)33(26,44-28)25(40)18-42-29(41)37-12-13-45-46-27-8-5-6-11-36-27/h5-6,8-11,14,20-21,23-24,26,28,39H,4,7,12-13,15-18H2,1-3H3,(H,37,41)/t20-,21-,23-,24-,26+,28?,30-,31-,32-,33+/m0/s1. The fraction of sp³-hybridized carbons (Fsp3) is 0.636. The minimum Gasteiger partial charge on any atom is -0.441 e. The van der Waals surface area contributed by atoms with Gasteiger partial charge in [0.15, 0.2) is 29.9 Å². The molecule has 0 aromatic carbocycles. The first kappa shape index (κ1) is 33.6. The Hall–Kier alpha value is -2.32. The highest BCUT2D eigenvalue weighted by Crippen LogP contribution is 2.72. The van der Waals surface area contributed by atoms with Gasteiger partial charge in [0.25, 0.3) is 0 Å². The Kier molecular flexibility index (Phi) is 9.20. The molecule has 4 aliphatic carbocycles. The average molecular weight is 679 g/mol. The van der Waals surface area contributed by atoms with Crippen molar-refractivity contribution < 1.29 is 42.5 Å². The molecule has 1 amide bonds. The molecule has 1 saturated heterocycles. The van der Waals surface area contributed by atoms with E-state index in [9.17, 15) is 19.5 Å². The largest absolute Gasteiger partial charge is 0.441 e. The molecule has 1 aliphatic heterocycles. The number of pyridine rings is 1. The minimum absolute atomic E-state index is 0.0361. The number of allylic oxidation sites excluding steroid dienone is 4. The number of alkyl halides is 2. The Bertz CT molecular complexity index is 1430. The average Bonchev–Trinajstić information content (AvgIpc) is 3.51. The van der Waals surface area contributed by atoms with Crippen molar-refractivity contribution in [3.63, 3.8) is 0 Å². The number of halogens is 2. The van der Waals surface area contributed by atoms with Crippen LogP contribution >= 0.6 is 21.6 Å². The highest BCUT2D eigenvalue weighted by atomic mass is 33.1. The quantitative estimate of drug-likeness (QED) is 0.248. The lowest BCUT2D eigenvalue weighted by Crippen LogP contribution is -2.71. The fourth-order valence-corrected chi connectivity index (χ4v) is 10.7. The molecule has 6 rings (SSSR count). The van der Waals surface area contributed by atoms with Crippen LogP contribution in [-0.2, 0) is 23.8 Å². The summed E-state index contributed by atoms with van der Waals surface area (Å²) in [6.07, 6.45) is 1.06. The number of carbonyl (C=O) groups is 3. The van der Waals surface area contributed by atoms with Crippen LogP contribution in [0.15, 0.2) is 53.2 Å². The number of amides is 1. The second-order valence-corrected chi connectivity index (χ2v) is 15.7. The Morgan fingerprint density at radius 3 is 2.78 bits per heavy atom. The number of aliphatic hydroxyl groups excluding tert-OH is 1. The number of aliphatic hydroxyl groups is 1. The van der Waals surface area contributed by atoms with Gasteiger partial charge in [-0.15, -0.1) is 0 Å². The van der Waals surface area contributed by atoms with E-state index in [1.54, 1.807) is 13.1 Å². The van der Waals surface area contributed by atoms with E-state index in [0.29, 0.717) is 18.7 Å². The molecule has 0 spiro atoms. The molecule has 1 aromatic rings. The summed E-state index contributed by atoms with van der Waals surface area (Å²) in [4.78, 5) is 43.1. The number of fused-ring (bicyclic) bond motifs is 7. The van der Waals surface area contributed by atoms with Gasteiger partial charge in [-0.3, -0.25) is 9.59 Å². The minimum atomic E-state index is -2.29. The first-order valence-electron chi connectivity index (χ1n) is 15.8. The second kappa shape index (κ2) is 12.6. The summed E-state index contributed by atoms with van der Waals surface area (Å²) in [6, 6.07) is 5.61. The summed E-state index contributed by atoms with van der Waals surface area (Å²) >= 11 is 0. The number of aromatic nitrogens is 1. The zero-order valence-corrected chi connectivity index (χ0v) is 27.7.